The second kappa shape index (κ2) is 7.56. The first-order valence-corrected chi connectivity index (χ1v) is 8.76. The van der Waals surface area contributed by atoms with Crippen molar-refractivity contribution in [2.75, 3.05) is 11.9 Å². The van der Waals surface area contributed by atoms with E-state index in [1.54, 1.807) is 24.1 Å². The van der Waals surface area contributed by atoms with Crippen LogP contribution in [0, 0.1) is 5.92 Å². The molecular formula is C15H24N2O3S. The zero-order valence-corrected chi connectivity index (χ0v) is 13.7. The Morgan fingerprint density at radius 1 is 1.14 bits per heavy atom. The Kier molecular flexibility index (Phi) is 6.36. The zero-order chi connectivity index (χ0) is 16.0. The van der Waals surface area contributed by atoms with Gasteiger partial charge in [-0.15, -0.1) is 0 Å². The molecule has 1 aromatic rings. The molecule has 118 valence electrons. The van der Waals surface area contributed by atoms with Crippen molar-refractivity contribution in [1.29, 1.82) is 0 Å². The van der Waals surface area contributed by atoms with E-state index in [1.165, 1.54) is 12.1 Å². The van der Waals surface area contributed by atoms with Gasteiger partial charge in [0.25, 0.3) is 0 Å². The van der Waals surface area contributed by atoms with Crippen molar-refractivity contribution in [3.05, 3.63) is 24.3 Å². The maximum absolute atomic E-state index is 12.5. The summed E-state index contributed by atoms with van der Waals surface area (Å²) in [7, 11) is -1.99. The molecule has 0 aliphatic carbocycles. The first-order chi connectivity index (χ1) is 9.81. The van der Waals surface area contributed by atoms with Crippen LogP contribution in [0.2, 0.25) is 0 Å². The van der Waals surface area contributed by atoms with Gasteiger partial charge in [0.2, 0.25) is 15.9 Å². The average Bonchev–Trinajstić information content (AvgIpc) is 2.45. The number of primary sulfonamides is 1. The molecule has 0 fully saturated rings. The van der Waals surface area contributed by atoms with Crippen molar-refractivity contribution in [1.82, 2.24) is 0 Å². The Balaban J connectivity index is 2.91. The summed E-state index contributed by atoms with van der Waals surface area (Å²) in [6.07, 6.45) is 3.67. The fraction of sp³-hybridized carbons (Fsp3) is 0.533. The molecule has 21 heavy (non-hydrogen) atoms. The summed E-state index contributed by atoms with van der Waals surface area (Å²) in [5.41, 5.74) is 0.671. The van der Waals surface area contributed by atoms with Crippen LogP contribution in [0.3, 0.4) is 0 Å². The van der Waals surface area contributed by atoms with Crippen LogP contribution < -0.4 is 10.0 Å². The SMILES string of the molecule is CCCC(CCC)C(=O)N(C)c1ccc(S(N)(=O)=O)cc1. The second-order valence-corrected chi connectivity index (χ2v) is 6.77. The Labute approximate surface area is 127 Å². The zero-order valence-electron chi connectivity index (χ0n) is 12.9. The summed E-state index contributed by atoms with van der Waals surface area (Å²) in [6, 6.07) is 6.05. The number of hydrogen-bond donors (Lipinski definition) is 1. The van der Waals surface area contributed by atoms with E-state index in [-0.39, 0.29) is 16.7 Å². The molecule has 0 atom stereocenters. The van der Waals surface area contributed by atoms with Gasteiger partial charge in [-0.1, -0.05) is 26.7 Å². The minimum atomic E-state index is -3.70. The molecule has 0 bridgehead atoms. The summed E-state index contributed by atoms with van der Waals surface area (Å²) in [6.45, 7) is 4.13. The number of hydrogen-bond acceptors (Lipinski definition) is 3. The molecule has 0 aliphatic rings. The molecule has 0 aliphatic heterocycles. The molecule has 0 saturated heterocycles. The third kappa shape index (κ3) is 4.82. The minimum absolute atomic E-state index is 0.0166. The molecule has 2 N–H and O–H groups in total. The van der Waals surface area contributed by atoms with Crippen LogP contribution in [0.25, 0.3) is 0 Å². The molecular weight excluding hydrogens is 288 g/mol. The van der Waals surface area contributed by atoms with Gasteiger partial charge in [-0.3, -0.25) is 4.79 Å². The van der Waals surface area contributed by atoms with Crippen LogP contribution in [-0.2, 0) is 14.8 Å². The third-order valence-electron chi connectivity index (χ3n) is 3.51. The molecule has 1 aromatic carbocycles. The highest BCUT2D eigenvalue weighted by Gasteiger charge is 2.21. The fourth-order valence-electron chi connectivity index (χ4n) is 2.35. The summed E-state index contributed by atoms with van der Waals surface area (Å²) < 4.78 is 22.4. The quantitative estimate of drug-likeness (QED) is 0.840. The van der Waals surface area contributed by atoms with Gasteiger partial charge in [-0.2, -0.15) is 0 Å². The molecule has 5 nitrogen and oxygen atoms in total. The van der Waals surface area contributed by atoms with Crippen LogP contribution in [0.1, 0.15) is 39.5 Å². The maximum Gasteiger partial charge on any atom is 0.238 e. The monoisotopic (exact) mass is 312 g/mol. The van der Waals surface area contributed by atoms with E-state index < -0.39 is 10.0 Å². The number of rotatable bonds is 7. The molecule has 0 saturated carbocycles. The lowest BCUT2D eigenvalue weighted by atomic mass is 9.96. The van der Waals surface area contributed by atoms with Crippen LogP contribution in [0.15, 0.2) is 29.2 Å². The number of sulfonamides is 1. The molecule has 0 unspecified atom stereocenters. The van der Waals surface area contributed by atoms with Gasteiger partial charge < -0.3 is 4.90 Å². The smallest absolute Gasteiger partial charge is 0.238 e. The number of carbonyl (C=O) groups excluding carboxylic acids is 1. The van der Waals surface area contributed by atoms with E-state index in [1.807, 2.05) is 0 Å². The lowest BCUT2D eigenvalue weighted by molar-refractivity contribution is -0.122. The van der Waals surface area contributed by atoms with E-state index in [0.29, 0.717) is 5.69 Å². The van der Waals surface area contributed by atoms with Crippen molar-refractivity contribution in [2.24, 2.45) is 11.1 Å². The second-order valence-electron chi connectivity index (χ2n) is 5.21. The lowest BCUT2D eigenvalue weighted by Crippen LogP contribution is -2.33. The predicted molar refractivity (Wildman–Crippen MR) is 84.5 cm³/mol. The molecule has 6 heteroatoms. The van der Waals surface area contributed by atoms with Crippen LogP contribution in [0.4, 0.5) is 5.69 Å². The van der Waals surface area contributed by atoms with Crippen LogP contribution in [-0.4, -0.2) is 21.4 Å². The lowest BCUT2D eigenvalue weighted by Gasteiger charge is -2.23. The summed E-state index contributed by atoms with van der Waals surface area (Å²) in [5.74, 6) is 0.0879. The Morgan fingerprint density at radius 2 is 1.62 bits per heavy atom. The standard InChI is InChI=1S/C15H24N2O3S/c1-4-6-12(7-5-2)15(18)17(3)13-8-10-14(11-9-13)21(16,19)20/h8-12H,4-7H2,1-3H3,(H2,16,19,20). The minimum Gasteiger partial charge on any atom is -0.315 e. The van der Waals surface area contributed by atoms with Crippen molar-refractivity contribution >= 4 is 21.6 Å². The Hall–Kier alpha value is -1.40. The first-order valence-electron chi connectivity index (χ1n) is 7.21. The fourth-order valence-corrected chi connectivity index (χ4v) is 2.86. The van der Waals surface area contributed by atoms with Gasteiger partial charge in [-0.05, 0) is 37.1 Å². The van der Waals surface area contributed by atoms with E-state index in [9.17, 15) is 13.2 Å². The van der Waals surface area contributed by atoms with Gasteiger partial charge in [0, 0.05) is 18.7 Å². The van der Waals surface area contributed by atoms with Gasteiger partial charge in [-0.25, -0.2) is 13.6 Å². The topological polar surface area (TPSA) is 80.5 Å². The summed E-state index contributed by atoms with van der Waals surface area (Å²) in [4.78, 5) is 14.1. The largest absolute Gasteiger partial charge is 0.315 e. The average molecular weight is 312 g/mol. The van der Waals surface area contributed by atoms with E-state index >= 15 is 0 Å². The van der Waals surface area contributed by atoms with Crippen molar-refractivity contribution in [3.8, 4) is 0 Å². The van der Waals surface area contributed by atoms with Crippen molar-refractivity contribution in [3.63, 3.8) is 0 Å². The van der Waals surface area contributed by atoms with Crippen molar-refractivity contribution in [2.45, 2.75) is 44.4 Å². The Bertz CT molecular complexity index is 561. The van der Waals surface area contributed by atoms with Gasteiger partial charge in [0.05, 0.1) is 4.90 Å². The number of anilines is 1. The van der Waals surface area contributed by atoms with Gasteiger partial charge in [0.15, 0.2) is 0 Å². The molecule has 0 spiro atoms. The molecule has 0 radical (unpaired) electrons. The molecule has 1 amide bonds. The number of carbonyl (C=O) groups is 1. The number of nitrogens with two attached hydrogens (primary N) is 1. The number of nitrogens with zero attached hydrogens (tertiary/aromatic N) is 1. The summed E-state index contributed by atoms with van der Waals surface area (Å²) >= 11 is 0. The Morgan fingerprint density at radius 3 is 2.00 bits per heavy atom. The number of benzene rings is 1. The van der Waals surface area contributed by atoms with E-state index in [2.05, 4.69) is 13.8 Å². The molecule has 1 rings (SSSR count). The van der Waals surface area contributed by atoms with Crippen molar-refractivity contribution < 1.29 is 13.2 Å². The maximum atomic E-state index is 12.5. The van der Waals surface area contributed by atoms with E-state index in [4.69, 9.17) is 5.14 Å². The van der Waals surface area contributed by atoms with Gasteiger partial charge >= 0.3 is 0 Å². The van der Waals surface area contributed by atoms with Crippen LogP contribution >= 0.6 is 0 Å². The molecule has 0 aromatic heterocycles. The van der Waals surface area contributed by atoms with Crippen LogP contribution in [0.5, 0.6) is 0 Å². The highest BCUT2D eigenvalue weighted by Crippen LogP contribution is 2.22. The first kappa shape index (κ1) is 17.7. The normalized spacial score (nSPS) is 11.7. The number of amides is 1. The van der Waals surface area contributed by atoms with E-state index in [0.717, 1.165) is 25.7 Å². The van der Waals surface area contributed by atoms with Gasteiger partial charge in [0.1, 0.15) is 0 Å². The summed E-state index contributed by atoms with van der Waals surface area (Å²) in [5, 5.41) is 5.06. The highest BCUT2D eigenvalue weighted by molar-refractivity contribution is 7.89. The molecule has 0 heterocycles. The highest BCUT2D eigenvalue weighted by atomic mass is 32.2. The third-order valence-corrected chi connectivity index (χ3v) is 4.44. The predicted octanol–water partition coefficient (Wildman–Crippen LogP) is 2.51.